The summed E-state index contributed by atoms with van der Waals surface area (Å²) < 4.78 is 6.07. The molecule has 2 aromatic carbocycles. The van der Waals surface area contributed by atoms with E-state index < -0.39 is 5.97 Å². The van der Waals surface area contributed by atoms with Crippen LogP contribution >= 0.6 is 15.9 Å². The first-order valence-corrected chi connectivity index (χ1v) is 7.07. The molecule has 0 radical (unpaired) electrons. The lowest BCUT2D eigenvalue weighted by Gasteiger charge is -2.04. The second-order valence-corrected chi connectivity index (χ2v) is 5.20. The van der Waals surface area contributed by atoms with Crippen molar-refractivity contribution in [2.45, 2.75) is 6.61 Å². The highest BCUT2D eigenvalue weighted by atomic mass is 79.9. The van der Waals surface area contributed by atoms with E-state index in [0.29, 0.717) is 0 Å². The minimum Gasteiger partial charge on any atom is -0.457 e. The second-order valence-electron chi connectivity index (χ2n) is 4.29. The molecule has 0 aliphatic rings. The van der Waals surface area contributed by atoms with Crippen LogP contribution in [-0.2, 0) is 16.1 Å². The van der Waals surface area contributed by atoms with Gasteiger partial charge in [0.05, 0.1) is 0 Å². The SMILES string of the molecule is N#C/C(=C\c1ccccc1)C(=O)OCc1cccc(Br)c1. The molecule has 0 N–H and O–H groups in total. The summed E-state index contributed by atoms with van der Waals surface area (Å²) in [6, 6.07) is 18.5. The molecule has 2 rings (SSSR count). The predicted molar refractivity (Wildman–Crippen MR) is 84.0 cm³/mol. The third kappa shape index (κ3) is 4.59. The molecule has 0 saturated carbocycles. The zero-order chi connectivity index (χ0) is 15.1. The number of hydrogen-bond donors (Lipinski definition) is 0. The van der Waals surface area contributed by atoms with Gasteiger partial charge in [-0.15, -0.1) is 0 Å². The zero-order valence-electron chi connectivity index (χ0n) is 11.1. The first-order chi connectivity index (χ1) is 10.2. The minimum absolute atomic E-state index is 0.0174. The summed E-state index contributed by atoms with van der Waals surface area (Å²) in [7, 11) is 0. The fourth-order valence-corrected chi connectivity index (χ4v) is 2.15. The Morgan fingerprint density at radius 2 is 1.95 bits per heavy atom. The summed E-state index contributed by atoms with van der Waals surface area (Å²) in [5.41, 5.74) is 1.62. The molecular weight excluding hydrogens is 330 g/mol. The summed E-state index contributed by atoms with van der Waals surface area (Å²) in [6.07, 6.45) is 1.52. The van der Waals surface area contributed by atoms with Crippen molar-refractivity contribution in [2.24, 2.45) is 0 Å². The van der Waals surface area contributed by atoms with Crippen molar-refractivity contribution in [1.82, 2.24) is 0 Å². The zero-order valence-corrected chi connectivity index (χ0v) is 12.7. The summed E-state index contributed by atoms with van der Waals surface area (Å²) >= 11 is 3.35. The molecule has 3 nitrogen and oxygen atoms in total. The van der Waals surface area contributed by atoms with Gasteiger partial charge in [-0.3, -0.25) is 0 Å². The Hall–Kier alpha value is -2.38. The topological polar surface area (TPSA) is 50.1 Å². The molecule has 0 atom stereocenters. The van der Waals surface area contributed by atoms with Crippen LogP contribution in [0.5, 0.6) is 0 Å². The van der Waals surface area contributed by atoms with Gasteiger partial charge in [0.15, 0.2) is 0 Å². The first-order valence-electron chi connectivity index (χ1n) is 6.27. The molecule has 0 spiro atoms. The van der Waals surface area contributed by atoms with E-state index >= 15 is 0 Å². The second kappa shape index (κ2) is 7.41. The number of nitrogens with zero attached hydrogens (tertiary/aromatic N) is 1. The molecule has 0 fully saturated rings. The summed E-state index contributed by atoms with van der Waals surface area (Å²) in [5.74, 6) is -0.624. The van der Waals surface area contributed by atoms with E-state index in [4.69, 9.17) is 10.00 Å². The molecular formula is C17H12BrNO2. The van der Waals surface area contributed by atoms with E-state index in [-0.39, 0.29) is 12.2 Å². The van der Waals surface area contributed by atoms with E-state index in [1.54, 1.807) is 0 Å². The number of carbonyl (C=O) groups is 1. The highest BCUT2D eigenvalue weighted by Gasteiger charge is 2.10. The maximum atomic E-state index is 11.9. The third-order valence-electron chi connectivity index (χ3n) is 2.71. The van der Waals surface area contributed by atoms with Gasteiger partial charge >= 0.3 is 5.97 Å². The number of ether oxygens (including phenoxy) is 1. The van der Waals surface area contributed by atoms with Gasteiger partial charge in [0.25, 0.3) is 0 Å². The van der Waals surface area contributed by atoms with Gasteiger partial charge in [-0.05, 0) is 29.3 Å². The molecule has 0 aliphatic carbocycles. The average molecular weight is 342 g/mol. The normalized spacial score (nSPS) is 10.8. The number of esters is 1. The Morgan fingerprint density at radius 3 is 2.62 bits per heavy atom. The summed E-state index contributed by atoms with van der Waals surface area (Å²) in [4.78, 5) is 11.9. The highest BCUT2D eigenvalue weighted by Crippen LogP contribution is 2.13. The Bertz CT molecular complexity index is 702. The third-order valence-corrected chi connectivity index (χ3v) is 3.20. The number of benzene rings is 2. The van der Waals surface area contributed by atoms with Gasteiger partial charge in [0.2, 0.25) is 0 Å². The van der Waals surface area contributed by atoms with E-state index in [0.717, 1.165) is 15.6 Å². The monoisotopic (exact) mass is 341 g/mol. The van der Waals surface area contributed by atoms with E-state index in [9.17, 15) is 4.79 Å². The van der Waals surface area contributed by atoms with E-state index in [2.05, 4.69) is 15.9 Å². The molecule has 0 unspecified atom stereocenters. The van der Waals surface area contributed by atoms with Gasteiger partial charge in [-0.25, -0.2) is 4.79 Å². The number of carbonyl (C=O) groups excluding carboxylic acids is 1. The van der Waals surface area contributed by atoms with Crippen LogP contribution in [0.25, 0.3) is 6.08 Å². The quantitative estimate of drug-likeness (QED) is 0.478. The van der Waals surface area contributed by atoms with Gasteiger partial charge < -0.3 is 4.74 Å². The molecule has 2 aromatic rings. The molecule has 0 aliphatic heterocycles. The summed E-state index contributed by atoms with van der Waals surface area (Å²) in [6.45, 7) is 0.131. The van der Waals surface area contributed by atoms with Crippen molar-refractivity contribution in [3.8, 4) is 6.07 Å². The highest BCUT2D eigenvalue weighted by molar-refractivity contribution is 9.10. The maximum absolute atomic E-state index is 11.9. The van der Waals surface area contributed by atoms with Gasteiger partial charge in [0.1, 0.15) is 18.2 Å². The van der Waals surface area contributed by atoms with Crippen molar-refractivity contribution >= 4 is 28.0 Å². The smallest absolute Gasteiger partial charge is 0.349 e. The Morgan fingerprint density at radius 1 is 1.19 bits per heavy atom. The largest absolute Gasteiger partial charge is 0.457 e. The molecule has 0 bridgehead atoms. The molecule has 104 valence electrons. The van der Waals surface area contributed by atoms with Gasteiger partial charge in [-0.1, -0.05) is 58.4 Å². The lowest BCUT2D eigenvalue weighted by molar-refractivity contribution is -0.139. The van der Waals surface area contributed by atoms with E-state index in [1.807, 2.05) is 60.7 Å². The van der Waals surface area contributed by atoms with Gasteiger partial charge in [0, 0.05) is 4.47 Å². The summed E-state index contributed by atoms with van der Waals surface area (Å²) in [5, 5.41) is 9.07. The maximum Gasteiger partial charge on any atom is 0.349 e. The van der Waals surface area contributed by atoms with Crippen molar-refractivity contribution < 1.29 is 9.53 Å². The van der Waals surface area contributed by atoms with Crippen molar-refractivity contribution in [1.29, 1.82) is 5.26 Å². The predicted octanol–water partition coefficient (Wildman–Crippen LogP) is 4.10. The van der Waals surface area contributed by atoms with Gasteiger partial charge in [-0.2, -0.15) is 5.26 Å². The van der Waals surface area contributed by atoms with Crippen LogP contribution in [0.1, 0.15) is 11.1 Å². The van der Waals surface area contributed by atoms with Crippen molar-refractivity contribution in [3.05, 3.63) is 75.8 Å². The Kier molecular flexibility index (Phi) is 5.30. The first kappa shape index (κ1) is 15.0. The van der Waals surface area contributed by atoms with Crippen LogP contribution in [0.2, 0.25) is 0 Å². The number of halogens is 1. The number of nitriles is 1. The average Bonchev–Trinajstić information content (AvgIpc) is 2.51. The van der Waals surface area contributed by atoms with Crippen LogP contribution in [0.15, 0.2) is 64.6 Å². The van der Waals surface area contributed by atoms with Crippen LogP contribution in [0, 0.1) is 11.3 Å². The standard InChI is InChI=1S/C17H12BrNO2/c18-16-8-4-7-14(10-16)12-21-17(20)15(11-19)9-13-5-2-1-3-6-13/h1-10H,12H2/b15-9+. The van der Waals surface area contributed by atoms with Crippen molar-refractivity contribution in [2.75, 3.05) is 0 Å². The fraction of sp³-hybridized carbons (Fsp3) is 0.0588. The molecule has 21 heavy (non-hydrogen) atoms. The van der Waals surface area contributed by atoms with Crippen molar-refractivity contribution in [3.63, 3.8) is 0 Å². The van der Waals surface area contributed by atoms with E-state index in [1.165, 1.54) is 6.08 Å². The molecule has 0 amide bonds. The molecule has 0 aromatic heterocycles. The Labute approximate surface area is 131 Å². The van der Waals surface area contributed by atoms with Crippen LogP contribution < -0.4 is 0 Å². The van der Waals surface area contributed by atoms with Crippen LogP contribution in [-0.4, -0.2) is 5.97 Å². The minimum atomic E-state index is -0.624. The van der Waals surface area contributed by atoms with Crippen LogP contribution in [0.3, 0.4) is 0 Å². The number of rotatable bonds is 4. The van der Waals surface area contributed by atoms with Crippen LogP contribution in [0.4, 0.5) is 0 Å². The Balaban J connectivity index is 2.05. The fourth-order valence-electron chi connectivity index (χ4n) is 1.71. The lowest BCUT2D eigenvalue weighted by Crippen LogP contribution is -2.06. The lowest BCUT2D eigenvalue weighted by atomic mass is 10.1. The molecule has 0 heterocycles. The molecule has 0 saturated heterocycles. The number of hydrogen-bond acceptors (Lipinski definition) is 3. The molecule has 4 heteroatoms.